The van der Waals surface area contributed by atoms with Crippen LogP contribution in [0.15, 0.2) is 40.9 Å². The smallest absolute Gasteiger partial charge is 0.259 e. The van der Waals surface area contributed by atoms with Crippen LogP contribution in [0.3, 0.4) is 0 Å². The van der Waals surface area contributed by atoms with E-state index in [1.807, 2.05) is 6.07 Å². The summed E-state index contributed by atoms with van der Waals surface area (Å²) in [7, 11) is 0. The highest BCUT2D eigenvalue weighted by molar-refractivity contribution is 9.10. The van der Waals surface area contributed by atoms with Crippen LogP contribution in [-0.2, 0) is 0 Å². The first-order valence-corrected chi connectivity index (χ1v) is 6.68. The van der Waals surface area contributed by atoms with Gasteiger partial charge in [-0.1, -0.05) is 27.5 Å². The molecule has 2 aromatic rings. The summed E-state index contributed by atoms with van der Waals surface area (Å²) in [6.07, 6.45) is 0. The van der Waals surface area contributed by atoms with Crippen LogP contribution in [-0.4, -0.2) is 11.0 Å². The summed E-state index contributed by atoms with van der Waals surface area (Å²) in [4.78, 5) is 12.0. The zero-order valence-electron chi connectivity index (χ0n) is 10.0. The lowest BCUT2D eigenvalue weighted by Gasteiger charge is -2.08. The number of nitrogens with zero attached hydrogens (tertiary/aromatic N) is 1. The van der Waals surface area contributed by atoms with Gasteiger partial charge in [0.1, 0.15) is 11.8 Å². The Balaban J connectivity index is 2.24. The van der Waals surface area contributed by atoms with Crippen LogP contribution in [0.4, 0.5) is 5.69 Å². The molecule has 4 nitrogen and oxygen atoms in total. The summed E-state index contributed by atoms with van der Waals surface area (Å²) in [5.74, 6) is -0.590. The van der Waals surface area contributed by atoms with Gasteiger partial charge in [0.25, 0.3) is 5.91 Å². The first-order chi connectivity index (χ1) is 9.51. The number of benzene rings is 2. The van der Waals surface area contributed by atoms with Gasteiger partial charge in [-0.25, -0.2) is 0 Å². The summed E-state index contributed by atoms with van der Waals surface area (Å²) in [5.41, 5.74) is 0.922. The number of aromatic hydroxyl groups is 1. The zero-order chi connectivity index (χ0) is 14.7. The fourth-order valence-electron chi connectivity index (χ4n) is 1.58. The zero-order valence-corrected chi connectivity index (χ0v) is 12.4. The molecule has 6 heteroatoms. The Morgan fingerprint density at radius 3 is 2.65 bits per heavy atom. The SMILES string of the molecule is N#Cc1ccc(NC(=O)c2ccc(Br)cc2O)cc1Cl. The Kier molecular flexibility index (Phi) is 4.28. The molecular formula is C14H8BrClN2O2. The van der Waals surface area contributed by atoms with Gasteiger partial charge >= 0.3 is 0 Å². The maximum atomic E-state index is 12.0. The van der Waals surface area contributed by atoms with E-state index in [4.69, 9.17) is 16.9 Å². The maximum Gasteiger partial charge on any atom is 0.259 e. The summed E-state index contributed by atoms with van der Waals surface area (Å²) in [6, 6.07) is 11.1. The van der Waals surface area contributed by atoms with Gasteiger partial charge in [-0.3, -0.25) is 4.79 Å². The largest absolute Gasteiger partial charge is 0.507 e. The molecule has 0 saturated heterocycles. The van der Waals surface area contributed by atoms with E-state index in [0.29, 0.717) is 15.7 Å². The highest BCUT2D eigenvalue weighted by Gasteiger charge is 2.12. The third kappa shape index (κ3) is 3.10. The quantitative estimate of drug-likeness (QED) is 0.861. The van der Waals surface area contributed by atoms with E-state index in [2.05, 4.69) is 21.2 Å². The van der Waals surface area contributed by atoms with E-state index < -0.39 is 5.91 Å². The van der Waals surface area contributed by atoms with Crippen LogP contribution in [0.2, 0.25) is 5.02 Å². The van der Waals surface area contributed by atoms with Gasteiger partial charge in [0.2, 0.25) is 0 Å². The Morgan fingerprint density at radius 1 is 1.30 bits per heavy atom. The number of carbonyl (C=O) groups is 1. The third-order valence-electron chi connectivity index (χ3n) is 2.55. The Hall–Kier alpha value is -2.03. The van der Waals surface area contributed by atoms with Crippen molar-refractivity contribution in [3.05, 3.63) is 57.0 Å². The number of nitriles is 1. The van der Waals surface area contributed by atoms with E-state index in [1.165, 1.54) is 24.3 Å². The third-order valence-corrected chi connectivity index (χ3v) is 3.36. The van der Waals surface area contributed by atoms with Crippen LogP contribution in [0.5, 0.6) is 5.75 Å². The first-order valence-electron chi connectivity index (χ1n) is 5.51. The van der Waals surface area contributed by atoms with Gasteiger partial charge in [0.05, 0.1) is 16.1 Å². The van der Waals surface area contributed by atoms with Crippen LogP contribution in [0.25, 0.3) is 0 Å². The minimum atomic E-state index is -0.462. The number of phenols is 1. The number of anilines is 1. The van der Waals surface area contributed by atoms with E-state index in [0.717, 1.165) is 0 Å². The Labute approximate surface area is 128 Å². The summed E-state index contributed by atoms with van der Waals surface area (Å²) in [5, 5.41) is 21.3. The van der Waals surface area contributed by atoms with Crippen molar-refractivity contribution in [1.29, 1.82) is 5.26 Å². The average molecular weight is 352 g/mol. The van der Waals surface area contributed by atoms with E-state index in [1.54, 1.807) is 12.1 Å². The van der Waals surface area contributed by atoms with Crippen LogP contribution < -0.4 is 5.32 Å². The molecular weight excluding hydrogens is 344 g/mol. The van der Waals surface area contributed by atoms with E-state index in [-0.39, 0.29) is 16.3 Å². The van der Waals surface area contributed by atoms with Gasteiger partial charge in [0.15, 0.2) is 0 Å². The molecule has 20 heavy (non-hydrogen) atoms. The van der Waals surface area contributed by atoms with Crippen molar-refractivity contribution < 1.29 is 9.90 Å². The van der Waals surface area contributed by atoms with Gasteiger partial charge in [0, 0.05) is 10.2 Å². The fourth-order valence-corrected chi connectivity index (χ4v) is 2.15. The molecule has 0 fully saturated rings. The summed E-state index contributed by atoms with van der Waals surface area (Å²) >= 11 is 9.08. The topological polar surface area (TPSA) is 73.1 Å². The second-order valence-corrected chi connectivity index (χ2v) is 5.24. The molecule has 1 amide bonds. The predicted molar refractivity (Wildman–Crippen MR) is 79.9 cm³/mol. The number of hydrogen-bond acceptors (Lipinski definition) is 3. The van der Waals surface area contributed by atoms with E-state index in [9.17, 15) is 9.90 Å². The van der Waals surface area contributed by atoms with Gasteiger partial charge in [-0.15, -0.1) is 0 Å². The van der Waals surface area contributed by atoms with Gasteiger partial charge in [-0.2, -0.15) is 5.26 Å². The molecule has 0 aromatic heterocycles. The molecule has 0 bridgehead atoms. The normalized spacial score (nSPS) is 9.85. The first kappa shape index (κ1) is 14.4. The molecule has 2 N–H and O–H groups in total. The van der Waals surface area contributed by atoms with Crippen molar-refractivity contribution in [3.63, 3.8) is 0 Å². The molecule has 0 atom stereocenters. The Bertz CT molecular complexity index is 726. The van der Waals surface area contributed by atoms with Crippen LogP contribution in [0.1, 0.15) is 15.9 Å². The standard InChI is InChI=1S/C14H8BrClN2O2/c15-9-2-4-11(13(19)5-9)14(20)18-10-3-1-8(7-17)12(16)6-10/h1-6,19H,(H,18,20). The lowest BCUT2D eigenvalue weighted by atomic mass is 10.1. The lowest BCUT2D eigenvalue weighted by Crippen LogP contribution is -2.12. The highest BCUT2D eigenvalue weighted by atomic mass is 79.9. The number of phenolic OH excluding ortho intramolecular Hbond substituents is 1. The molecule has 0 radical (unpaired) electrons. The van der Waals surface area contributed by atoms with Crippen molar-refractivity contribution in [1.82, 2.24) is 0 Å². The van der Waals surface area contributed by atoms with Crippen molar-refractivity contribution in [2.45, 2.75) is 0 Å². The highest BCUT2D eigenvalue weighted by Crippen LogP contribution is 2.24. The molecule has 0 saturated carbocycles. The molecule has 100 valence electrons. The van der Waals surface area contributed by atoms with E-state index >= 15 is 0 Å². The monoisotopic (exact) mass is 350 g/mol. The lowest BCUT2D eigenvalue weighted by molar-refractivity contribution is 0.102. The molecule has 0 aliphatic rings. The minimum Gasteiger partial charge on any atom is -0.507 e. The second-order valence-electron chi connectivity index (χ2n) is 3.92. The average Bonchev–Trinajstić information content (AvgIpc) is 2.38. The number of nitrogens with one attached hydrogen (secondary N) is 1. The fraction of sp³-hybridized carbons (Fsp3) is 0. The maximum absolute atomic E-state index is 12.0. The molecule has 0 aliphatic heterocycles. The number of halogens is 2. The second kappa shape index (κ2) is 5.95. The van der Waals surface area contributed by atoms with Crippen LogP contribution >= 0.6 is 27.5 Å². The summed E-state index contributed by atoms with van der Waals surface area (Å²) < 4.78 is 0.674. The molecule has 2 rings (SSSR count). The number of rotatable bonds is 2. The number of carbonyl (C=O) groups excluding carboxylic acids is 1. The molecule has 0 aliphatic carbocycles. The predicted octanol–water partition coefficient (Wildman–Crippen LogP) is 3.93. The van der Waals surface area contributed by atoms with Crippen LogP contribution in [0, 0.1) is 11.3 Å². The van der Waals surface area contributed by atoms with Gasteiger partial charge in [-0.05, 0) is 36.4 Å². The van der Waals surface area contributed by atoms with Crippen molar-refractivity contribution >= 4 is 39.1 Å². The Morgan fingerprint density at radius 2 is 2.05 bits per heavy atom. The van der Waals surface area contributed by atoms with Crippen molar-refractivity contribution in [3.8, 4) is 11.8 Å². The minimum absolute atomic E-state index is 0.128. The summed E-state index contributed by atoms with van der Waals surface area (Å²) in [6.45, 7) is 0. The number of amides is 1. The van der Waals surface area contributed by atoms with Gasteiger partial charge < -0.3 is 10.4 Å². The molecule has 0 spiro atoms. The van der Waals surface area contributed by atoms with Crippen molar-refractivity contribution in [2.24, 2.45) is 0 Å². The molecule has 0 heterocycles. The number of hydrogen-bond donors (Lipinski definition) is 2. The molecule has 0 unspecified atom stereocenters. The van der Waals surface area contributed by atoms with Crippen molar-refractivity contribution in [2.75, 3.05) is 5.32 Å². The molecule has 2 aromatic carbocycles.